The van der Waals surface area contributed by atoms with Crippen LogP contribution in [0, 0.1) is 6.92 Å². The molecule has 0 bridgehead atoms. The monoisotopic (exact) mass is 555 g/mol. The molecule has 4 heterocycles. The molecular weight excluding hydrogens is 527 g/mol. The Morgan fingerprint density at radius 1 is 0.946 bits per heavy atom. The van der Waals surface area contributed by atoms with E-state index in [0.717, 1.165) is 32.2 Å². The molecular formula is C26H29N5O3S3. The van der Waals surface area contributed by atoms with Crippen LogP contribution in [-0.2, 0) is 10.4 Å². The Kier molecular flexibility index (Phi) is 7.16. The summed E-state index contributed by atoms with van der Waals surface area (Å²) in [4.78, 5) is 36.7. The number of benzene rings is 1. The second-order valence-corrected chi connectivity index (χ2v) is 12.7. The number of aromatic nitrogens is 1. The molecule has 2 aromatic rings. The number of hydrogen-bond acceptors (Lipinski definition) is 10. The quantitative estimate of drug-likeness (QED) is 0.471. The van der Waals surface area contributed by atoms with Crippen LogP contribution in [0.15, 0.2) is 55.8 Å². The van der Waals surface area contributed by atoms with E-state index in [-0.39, 0.29) is 11.2 Å². The van der Waals surface area contributed by atoms with Gasteiger partial charge in [-0.05, 0) is 39.3 Å². The van der Waals surface area contributed by atoms with Crippen molar-refractivity contribution in [2.45, 2.75) is 44.3 Å². The number of oxazole rings is 1. The third-order valence-electron chi connectivity index (χ3n) is 6.34. The van der Waals surface area contributed by atoms with E-state index in [1.807, 2.05) is 25.1 Å². The number of amides is 1. The minimum atomic E-state index is -0.678. The fourth-order valence-corrected chi connectivity index (χ4v) is 8.05. The number of nitrogens with zero attached hydrogens (tertiary/aromatic N) is 4. The molecule has 8 nitrogen and oxygen atoms in total. The van der Waals surface area contributed by atoms with Crippen molar-refractivity contribution in [1.82, 2.24) is 10.5 Å². The number of thioether (sulfide) groups is 3. The molecule has 11 heteroatoms. The second kappa shape index (κ2) is 10.1. The number of nitrogens with one attached hydrogen (secondary N) is 1. The first kappa shape index (κ1) is 26.3. The van der Waals surface area contributed by atoms with Gasteiger partial charge in [0.15, 0.2) is 5.69 Å². The van der Waals surface area contributed by atoms with Crippen molar-refractivity contribution in [3.05, 3.63) is 59.3 Å². The van der Waals surface area contributed by atoms with Crippen molar-refractivity contribution in [2.75, 3.05) is 24.4 Å². The summed E-state index contributed by atoms with van der Waals surface area (Å²) < 4.78 is 5.88. The number of aryl methyl sites for hydroxylation is 1. The van der Waals surface area contributed by atoms with Crippen molar-refractivity contribution >= 4 is 62.4 Å². The highest BCUT2D eigenvalue weighted by Gasteiger charge is 2.48. The summed E-state index contributed by atoms with van der Waals surface area (Å²) in [5.74, 6) is 2.75. The van der Waals surface area contributed by atoms with Crippen LogP contribution >= 0.6 is 35.3 Å². The van der Waals surface area contributed by atoms with E-state index < -0.39 is 17.0 Å². The van der Waals surface area contributed by atoms with Crippen LogP contribution in [0.1, 0.15) is 48.5 Å². The van der Waals surface area contributed by atoms with Crippen LogP contribution in [0.2, 0.25) is 0 Å². The lowest BCUT2D eigenvalue weighted by molar-refractivity contribution is 0.0531. The summed E-state index contributed by atoms with van der Waals surface area (Å²) in [6.45, 7) is 7.99. The molecule has 0 radical (unpaired) electrons. The third kappa shape index (κ3) is 5.19. The fourth-order valence-electron chi connectivity index (χ4n) is 4.19. The van der Waals surface area contributed by atoms with Crippen LogP contribution in [0.4, 0.5) is 0 Å². The Morgan fingerprint density at radius 3 is 2.27 bits per heavy atom. The average molecular weight is 556 g/mol. The molecule has 0 spiro atoms. The normalized spacial score (nSPS) is 29.5. The van der Waals surface area contributed by atoms with Gasteiger partial charge in [0.05, 0.1) is 22.2 Å². The maximum Gasteiger partial charge on any atom is 0.297 e. The zero-order chi connectivity index (χ0) is 26.3. The van der Waals surface area contributed by atoms with E-state index >= 15 is 0 Å². The Balaban J connectivity index is 1.35. The first-order chi connectivity index (χ1) is 17.6. The van der Waals surface area contributed by atoms with Gasteiger partial charge in [-0.2, -0.15) is 0 Å². The van der Waals surface area contributed by atoms with E-state index in [9.17, 15) is 4.79 Å². The maximum atomic E-state index is 12.2. The van der Waals surface area contributed by atoms with Gasteiger partial charge in [0.25, 0.3) is 5.91 Å². The molecule has 3 aliphatic rings. The van der Waals surface area contributed by atoms with E-state index in [1.165, 1.54) is 7.11 Å². The summed E-state index contributed by atoms with van der Waals surface area (Å²) in [6.07, 6.45) is 4.19. The van der Waals surface area contributed by atoms with Crippen LogP contribution in [0.25, 0.3) is 6.08 Å². The van der Waals surface area contributed by atoms with Gasteiger partial charge in [0, 0.05) is 17.3 Å². The fraction of sp³-hybridized carbons (Fsp3) is 0.423. The Labute approximate surface area is 229 Å². The lowest BCUT2D eigenvalue weighted by atomic mass is 10.0. The largest absolute Gasteiger partial charge is 0.442 e. The molecule has 1 N–H and O–H groups in total. The molecule has 37 heavy (non-hydrogen) atoms. The molecule has 1 amide bonds. The van der Waals surface area contributed by atoms with Gasteiger partial charge in [-0.3, -0.25) is 24.6 Å². The first-order valence-corrected chi connectivity index (χ1v) is 14.8. The van der Waals surface area contributed by atoms with E-state index in [4.69, 9.17) is 24.2 Å². The predicted octanol–water partition coefficient (Wildman–Crippen LogP) is 5.16. The molecule has 194 valence electrons. The van der Waals surface area contributed by atoms with Gasteiger partial charge in [0.2, 0.25) is 5.89 Å². The van der Waals surface area contributed by atoms with Gasteiger partial charge in [-0.15, -0.1) is 35.3 Å². The molecule has 0 aliphatic carbocycles. The van der Waals surface area contributed by atoms with Crippen LogP contribution in [0.5, 0.6) is 0 Å². The molecule has 3 aliphatic heterocycles. The van der Waals surface area contributed by atoms with Gasteiger partial charge in [-0.25, -0.2) is 10.5 Å². The summed E-state index contributed by atoms with van der Waals surface area (Å²) >= 11 is 5.21. The number of hydrogen-bond donors (Lipinski definition) is 1. The highest BCUT2D eigenvalue weighted by atomic mass is 32.2. The SMILES string of the molecule is CONC(=O)c1nc([C@]2(C)CSC([C@]3(C)CSC([C@]4(C)CSC(/C=C/c5ccccc5)=N4)=N3)=N2)oc1C. The highest BCUT2D eigenvalue weighted by molar-refractivity contribution is 8.17. The smallest absolute Gasteiger partial charge is 0.297 e. The number of carbonyl (C=O) groups is 1. The Bertz CT molecular complexity index is 1340. The third-order valence-corrected chi connectivity index (χ3v) is 10.6. The van der Waals surface area contributed by atoms with E-state index in [1.54, 1.807) is 42.2 Å². The van der Waals surface area contributed by atoms with Crippen molar-refractivity contribution in [3.8, 4) is 0 Å². The molecule has 1 aromatic heterocycles. The maximum absolute atomic E-state index is 12.2. The van der Waals surface area contributed by atoms with Crippen LogP contribution in [0.3, 0.4) is 0 Å². The number of aliphatic imine (C=N–C) groups is 3. The molecule has 3 atom stereocenters. The zero-order valence-electron chi connectivity index (χ0n) is 21.4. The van der Waals surface area contributed by atoms with E-state index in [0.29, 0.717) is 17.4 Å². The van der Waals surface area contributed by atoms with Gasteiger partial charge >= 0.3 is 0 Å². The average Bonchev–Trinajstić information content (AvgIpc) is 3.66. The van der Waals surface area contributed by atoms with Crippen molar-refractivity contribution in [1.29, 1.82) is 0 Å². The minimum absolute atomic E-state index is 0.205. The van der Waals surface area contributed by atoms with Crippen molar-refractivity contribution < 1.29 is 14.0 Å². The first-order valence-electron chi connectivity index (χ1n) is 11.9. The molecule has 1 aromatic carbocycles. The number of rotatable bonds is 7. The highest BCUT2D eigenvalue weighted by Crippen LogP contribution is 2.46. The molecule has 5 rings (SSSR count). The lowest BCUT2D eigenvalue weighted by Gasteiger charge is -2.21. The van der Waals surface area contributed by atoms with Crippen LogP contribution in [-0.4, -0.2) is 61.5 Å². The van der Waals surface area contributed by atoms with E-state index in [2.05, 4.69) is 48.6 Å². The lowest BCUT2D eigenvalue weighted by Crippen LogP contribution is -2.33. The standard InChI is InChI=1S/C26H29N5O3S3/c1-16-19(20(32)31-33-5)27-21(34-16)24(2)13-36-23(29-24)26(4)15-37-22(30-26)25(3)14-35-18(28-25)12-11-17-9-7-6-8-10-17/h6-12H,13-15H2,1-5H3,(H,31,32)/b12-11+/t24-,25-,26-/m0/s1. The molecule has 0 fully saturated rings. The Morgan fingerprint density at radius 2 is 1.57 bits per heavy atom. The summed E-state index contributed by atoms with van der Waals surface area (Å²) in [5, 5.41) is 3.03. The molecule has 0 saturated carbocycles. The Hall–Kier alpha value is -2.34. The second-order valence-electron chi connectivity index (χ2n) is 9.77. The number of carbonyl (C=O) groups excluding carboxylic acids is 1. The summed E-state index contributed by atoms with van der Waals surface area (Å²) in [7, 11) is 1.38. The predicted molar refractivity (Wildman–Crippen MR) is 155 cm³/mol. The topological polar surface area (TPSA) is 101 Å². The van der Waals surface area contributed by atoms with Crippen molar-refractivity contribution in [3.63, 3.8) is 0 Å². The summed E-state index contributed by atoms with van der Waals surface area (Å²) in [6, 6.07) is 10.3. The van der Waals surface area contributed by atoms with Gasteiger partial charge < -0.3 is 4.42 Å². The zero-order valence-corrected chi connectivity index (χ0v) is 23.9. The molecule has 0 unspecified atom stereocenters. The molecule has 0 saturated heterocycles. The minimum Gasteiger partial charge on any atom is -0.442 e. The summed E-state index contributed by atoms with van der Waals surface area (Å²) in [5.41, 5.74) is 2.19. The van der Waals surface area contributed by atoms with Crippen molar-refractivity contribution in [2.24, 2.45) is 15.0 Å². The number of hydroxylamine groups is 1. The van der Waals surface area contributed by atoms with Gasteiger partial charge in [-0.1, -0.05) is 36.4 Å². The van der Waals surface area contributed by atoms with Crippen LogP contribution < -0.4 is 5.48 Å². The van der Waals surface area contributed by atoms with Gasteiger partial charge in [0.1, 0.15) is 22.4 Å².